The molecule has 12 heavy (non-hydrogen) atoms. The van der Waals surface area contributed by atoms with Crippen molar-refractivity contribution in [2.24, 2.45) is 0 Å². The maximum absolute atomic E-state index is 11.1. The summed E-state index contributed by atoms with van der Waals surface area (Å²) >= 11 is 0. The zero-order chi connectivity index (χ0) is 7.68. The summed E-state index contributed by atoms with van der Waals surface area (Å²) in [5.41, 5.74) is 0.479. The fourth-order valence-electron chi connectivity index (χ4n) is 0.921. The Hall–Kier alpha value is -1.02. The van der Waals surface area contributed by atoms with Gasteiger partial charge in [0.05, 0.1) is 0 Å². The van der Waals surface area contributed by atoms with Gasteiger partial charge in [0.2, 0.25) is 0 Å². The molecule has 0 aliphatic rings. The Morgan fingerprint density at radius 3 is 3.08 bits per heavy atom. The Morgan fingerprint density at radius 2 is 2.33 bits per heavy atom. The van der Waals surface area contributed by atoms with Crippen molar-refractivity contribution in [1.29, 1.82) is 0 Å². The molecule has 0 atom stereocenters. The van der Waals surface area contributed by atoms with Gasteiger partial charge in [-0.15, -0.1) is 0 Å². The Kier molecular flexibility index (Phi) is 2.71. The first-order chi connectivity index (χ1) is 5.38. The molecule has 2 aromatic rings. The van der Waals surface area contributed by atoms with E-state index < -0.39 is 0 Å². The standard InChI is InChI=1S/C8H5N2O.Rh/c11-8-4-5-9-7-3-1-2-6-10(7)8;/h1-2,4-6H;/q-1;. The summed E-state index contributed by atoms with van der Waals surface area (Å²) in [5, 5.41) is 0. The zero-order valence-corrected chi connectivity index (χ0v) is 7.66. The van der Waals surface area contributed by atoms with Gasteiger partial charge in [0.1, 0.15) is 0 Å². The van der Waals surface area contributed by atoms with E-state index >= 15 is 0 Å². The van der Waals surface area contributed by atoms with E-state index in [2.05, 4.69) is 11.1 Å². The van der Waals surface area contributed by atoms with Crippen LogP contribution in [0.5, 0.6) is 0 Å². The molecule has 63 valence electrons. The summed E-state index contributed by atoms with van der Waals surface area (Å²) in [6.07, 6.45) is 3.15. The predicted molar refractivity (Wildman–Crippen MR) is 40.3 cm³/mol. The van der Waals surface area contributed by atoms with Gasteiger partial charge in [-0.1, -0.05) is 6.20 Å². The summed E-state index contributed by atoms with van der Waals surface area (Å²) in [4.78, 5) is 15.0. The first-order valence-electron chi connectivity index (χ1n) is 3.22. The maximum atomic E-state index is 11.1. The van der Waals surface area contributed by atoms with E-state index in [1.54, 1.807) is 18.3 Å². The molecule has 2 aromatic heterocycles. The average molecular weight is 248 g/mol. The van der Waals surface area contributed by atoms with E-state index in [0.29, 0.717) is 5.65 Å². The number of aromatic nitrogens is 2. The average Bonchev–Trinajstić information content (AvgIpc) is 2.06. The number of hydrogen-bond acceptors (Lipinski definition) is 2. The number of pyridine rings is 1. The van der Waals surface area contributed by atoms with Crippen LogP contribution < -0.4 is 5.56 Å². The van der Waals surface area contributed by atoms with Crippen LogP contribution in [0.25, 0.3) is 5.65 Å². The molecule has 0 aromatic carbocycles. The second-order valence-electron chi connectivity index (χ2n) is 2.13. The molecular weight excluding hydrogens is 243 g/mol. The second-order valence-corrected chi connectivity index (χ2v) is 2.13. The molecule has 0 spiro atoms. The van der Waals surface area contributed by atoms with Crippen molar-refractivity contribution in [3.05, 3.63) is 47.0 Å². The van der Waals surface area contributed by atoms with Gasteiger partial charge >= 0.3 is 0 Å². The number of rotatable bonds is 0. The van der Waals surface area contributed by atoms with Gasteiger partial charge in [-0.25, -0.2) is 12.1 Å². The minimum Gasteiger partial charge on any atom is -0.303 e. The molecule has 0 saturated heterocycles. The van der Waals surface area contributed by atoms with Gasteiger partial charge in [-0.2, -0.15) is 6.07 Å². The smallest absolute Gasteiger partial charge is 0.255 e. The summed E-state index contributed by atoms with van der Waals surface area (Å²) in [7, 11) is 0. The number of nitrogens with zero attached hydrogens (tertiary/aromatic N) is 2. The molecule has 0 N–H and O–H groups in total. The summed E-state index contributed by atoms with van der Waals surface area (Å²) in [6, 6.07) is 7.73. The number of hydrogen-bond donors (Lipinski definition) is 0. The molecule has 2 rings (SSSR count). The van der Waals surface area contributed by atoms with Gasteiger partial charge in [0.15, 0.2) is 0 Å². The van der Waals surface area contributed by atoms with E-state index in [4.69, 9.17) is 0 Å². The van der Waals surface area contributed by atoms with Crippen LogP contribution in [0, 0.1) is 6.07 Å². The maximum Gasteiger partial charge on any atom is 0.255 e. The van der Waals surface area contributed by atoms with E-state index in [1.165, 1.54) is 16.7 Å². The van der Waals surface area contributed by atoms with Crippen molar-refractivity contribution in [1.82, 2.24) is 9.38 Å². The fourth-order valence-corrected chi connectivity index (χ4v) is 0.921. The van der Waals surface area contributed by atoms with Crippen LogP contribution in [0.1, 0.15) is 0 Å². The van der Waals surface area contributed by atoms with E-state index in [-0.39, 0.29) is 25.0 Å². The molecule has 0 unspecified atom stereocenters. The van der Waals surface area contributed by atoms with Crippen molar-refractivity contribution in [3.8, 4) is 0 Å². The largest absolute Gasteiger partial charge is 0.303 e. The molecule has 0 aliphatic heterocycles. The minimum absolute atomic E-state index is 0. The summed E-state index contributed by atoms with van der Waals surface area (Å²) in [6.45, 7) is 0. The third kappa shape index (κ3) is 1.43. The monoisotopic (exact) mass is 248 g/mol. The Morgan fingerprint density at radius 1 is 1.50 bits per heavy atom. The molecule has 4 heteroatoms. The molecule has 0 saturated carbocycles. The van der Waals surface area contributed by atoms with Gasteiger partial charge in [-0.05, 0) is 0 Å². The molecule has 0 amide bonds. The van der Waals surface area contributed by atoms with Crippen LogP contribution in [-0.4, -0.2) is 9.38 Å². The third-order valence-electron chi connectivity index (χ3n) is 1.42. The molecule has 1 radical (unpaired) electrons. The van der Waals surface area contributed by atoms with E-state index in [9.17, 15) is 4.79 Å². The van der Waals surface area contributed by atoms with Gasteiger partial charge in [0, 0.05) is 37.4 Å². The first kappa shape index (κ1) is 9.07. The van der Waals surface area contributed by atoms with Crippen LogP contribution in [0.3, 0.4) is 0 Å². The zero-order valence-electron chi connectivity index (χ0n) is 6.02. The summed E-state index contributed by atoms with van der Waals surface area (Å²) < 4.78 is 1.44. The molecule has 0 aliphatic carbocycles. The van der Waals surface area contributed by atoms with E-state index in [0.717, 1.165) is 0 Å². The Labute approximate surface area is 81.8 Å². The molecule has 0 fully saturated rings. The Bertz CT molecular complexity index is 433. The van der Waals surface area contributed by atoms with Crippen molar-refractivity contribution < 1.29 is 19.5 Å². The van der Waals surface area contributed by atoms with Crippen LogP contribution >= 0.6 is 0 Å². The van der Waals surface area contributed by atoms with Gasteiger partial charge in [0.25, 0.3) is 5.56 Å². The van der Waals surface area contributed by atoms with E-state index in [1.807, 2.05) is 0 Å². The second kappa shape index (κ2) is 3.59. The predicted octanol–water partition coefficient (Wildman–Crippen LogP) is 0.492. The van der Waals surface area contributed by atoms with Crippen molar-refractivity contribution >= 4 is 5.65 Å². The molecule has 0 bridgehead atoms. The van der Waals surface area contributed by atoms with Gasteiger partial charge in [-0.3, -0.25) is 9.78 Å². The van der Waals surface area contributed by atoms with Crippen LogP contribution in [-0.2, 0) is 19.5 Å². The minimum atomic E-state index is -0.0770. The third-order valence-corrected chi connectivity index (χ3v) is 1.42. The molecule has 3 nitrogen and oxygen atoms in total. The van der Waals surface area contributed by atoms with Crippen LogP contribution in [0.15, 0.2) is 35.4 Å². The SMILES string of the molecule is O=c1ccnc2[c-]cccn12.[Rh]. The van der Waals surface area contributed by atoms with Crippen LogP contribution in [0.2, 0.25) is 0 Å². The van der Waals surface area contributed by atoms with Gasteiger partial charge < -0.3 is 4.40 Å². The first-order valence-corrected chi connectivity index (χ1v) is 3.22. The fraction of sp³-hybridized carbons (Fsp3) is 0. The number of fused-ring (bicyclic) bond motifs is 1. The molecular formula is C8H5N2ORh-. The summed E-state index contributed by atoms with van der Waals surface area (Å²) in [5.74, 6) is 0. The Balaban J connectivity index is 0.000000720. The van der Waals surface area contributed by atoms with Crippen LogP contribution in [0.4, 0.5) is 0 Å². The van der Waals surface area contributed by atoms with Crippen molar-refractivity contribution in [2.75, 3.05) is 0 Å². The molecule has 2 heterocycles. The quantitative estimate of drug-likeness (QED) is 0.502. The normalized spacial score (nSPS) is 9.33. The van der Waals surface area contributed by atoms with Crippen molar-refractivity contribution in [2.45, 2.75) is 0 Å². The van der Waals surface area contributed by atoms with Crippen molar-refractivity contribution in [3.63, 3.8) is 0 Å². The topological polar surface area (TPSA) is 34.4 Å².